The minimum atomic E-state index is -0.695. The molecule has 1 fully saturated rings. The van der Waals surface area contributed by atoms with E-state index in [1.807, 2.05) is 36.4 Å². The summed E-state index contributed by atoms with van der Waals surface area (Å²) < 4.78 is 7.00. The molecule has 2 aromatic carbocycles. The summed E-state index contributed by atoms with van der Waals surface area (Å²) >= 11 is 1.55. The van der Waals surface area contributed by atoms with Gasteiger partial charge in [-0.1, -0.05) is 23.5 Å². The van der Waals surface area contributed by atoms with Gasteiger partial charge in [-0.25, -0.2) is 4.98 Å². The van der Waals surface area contributed by atoms with E-state index >= 15 is 0 Å². The van der Waals surface area contributed by atoms with E-state index in [9.17, 15) is 9.59 Å². The van der Waals surface area contributed by atoms with Crippen molar-refractivity contribution in [3.63, 3.8) is 0 Å². The van der Waals surface area contributed by atoms with Gasteiger partial charge in [0.25, 0.3) is 0 Å². The van der Waals surface area contributed by atoms with E-state index in [0.29, 0.717) is 18.8 Å². The lowest BCUT2D eigenvalue weighted by Gasteiger charge is -2.13. The number of carbonyl (C=O) groups is 2. The predicted molar refractivity (Wildman–Crippen MR) is 119 cm³/mol. The summed E-state index contributed by atoms with van der Waals surface area (Å²) in [4.78, 5) is 28.5. The van der Waals surface area contributed by atoms with Crippen LogP contribution in [0.25, 0.3) is 10.2 Å². The number of nitrogens with zero attached hydrogens (tertiary/aromatic N) is 1. The number of thiazole rings is 1. The highest BCUT2D eigenvalue weighted by Gasteiger charge is 2.17. The average Bonchev–Trinajstić information content (AvgIpc) is 3.41. The number of para-hydroxylation sites is 1. The molecule has 0 radical (unpaired) electrons. The predicted octanol–water partition coefficient (Wildman–Crippen LogP) is 3.78. The van der Waals surface area contributed by atoms with Crippen molar-refractivity contribution in [1.82, 2.24) is 10.3 Å². The molecule has 0 atom stereocenters. The van der Waals surface area contributed by atoms with Gasteiger partial charge in [-0.3, -0.25) is 9.59 Å². The molecular formula is C22H24N4O3S. The van der Waals surface area contributed by atoms with E-state index in [1.165, 1.54) is 12.8 Å². The second-order valence-corrected chi connectivity index (χ2v) is 8.20. The Hall–Kier alpha value is -3.13. The Morgan fingerprint density at radius 3 is 2.53 bits per heavy atom. The number of hydrogen-bond donors (Lipinski definition) is 3. The summed E-state index contributed by atoms with van der Waals surface area (Å²) in [5, 5.41) is 9.15. The molecule has 1 aliphatic rings. The SMILES string of the molecule is O=C(NCCNc1nc2ccccc2s1)C(=O)Nc1ccc(OC2CCCC2)cc1. The third kappa shape index (κ3) is 5.27. The molecule has 4 rings (SSSR count). The second kappa shape index (κ2) is 9.58. The number of carbonyl (C=O) groups excluding carboxylic acids is 2. The number of fused-ring (bicyclic) bond motifs is 1. The fraction of sp³-hybridized carbons (Fsp3) is 0.318. The van der Waals surface area contributed by atoms with Crippen molar-refractivity contribution in [3.8, 4) is 5.75 Å². The maximum atomic E-state index is 12.1. The summed E-state index contributed by atoms with van der Waals surface area (Å²) in [7, 11) is 0. The minimum Gasteiger partial charge on any atom is -0.490 e. The van der Waals surface area contributed by atoms with Gasteiger partial charge in [-0.2, -0.15) is 0 Å². The summed E-state index contributed by atoms with van der Waals surface area (Å²) in [6, 6.07) is 15.0. The van der Waals surface area contributed by atoms with Crippen molar-refractivity contribution in [2.75, 3.05) is 23.7 Å². The Bertz CT molecular complexity index is 980. The number of amides is 2. The number of hydrogen-bond acceptors (Lipinski definition) is 6. The van der Waals surface area contributed by atoms with Crippen molar-refractivity contribution in [2.24, 2.45) is 0 Å². The lowest BCUT2D eigenvalue weighted by molar-refractivity contribution is -0.136. The van der Waals surface area contributed by atoms with E-state index in [-0.39, 0.29) is 6.10 Å². The molecule has 1 heterocycles. The summed E-state index contributed by atoms with van der Waals surface area (Å²) in [5.74, 6) is -0.586. The number of benzene rings is 2. The first kappa shape index (κ1) is 20.2. The van der Waals surface area contributed by atoms with Crippen LogP contribution in [0.2, 0.25) is 0 Å². The molecule has 1 aliphatic carbocycles. The van der Waals surface area contributed by atoms with Crippen LogP contribution in [0.4, 0.5) is 10.8 Å². The van der Waals surface area contributed by atoms with Gasteiger partial charge in [0.15, 0.2) is 5.13 Å². The zero-order valence-corrected chi connectivity index (χ0v) is 17.3. The van der Waals surface area contributed by atoms with Gasteiger partial charge >= 0.3 is 11.8 Å². The van der Waals surface area contributed by atoms with Crippen LogP contribution in [0.15, 0.2) is 48.5 Å². The van der Waals surface area contributed by atoms with Gasteiger partial charge in [0.1, 0.15) is 5.75 Å². The monoisotopic (exact) mass is 424 g/mol. The molecular weight excluding hydrogens is 400 g/mol. The van der Waals surface area contributed by atoms with E-state index in [0.717, 1.165) is 33.9 Å². The Morgan fingerprint density at radius 1 is 1.00 bits per heavy atom. The molecule has 30 heavy (non-hydrogen) atoms. The van der Waals surface area contributed by atoms with E-state index in [1.54, 1.807) is 23.5 Å². The highest BCUT2D eigenvalue weighted by atomic mass is 32.1. The van der Waals surface area contributed by atoms with Crippen LogP contribution in [0.1, 0.15) is 25.7 Å². The molecule has 1 aromatic heterocycles. The molecule has 0 saturated heterocycles. The van der Waals surface area contributed by atoms with Crippen molar-refractivity contribution < 1.29 is 14.3 Å². The van der Waals surface area contributed by atoms with Gasteiger partial charge in [0, 0.05) is 18.8 Å². The Balaban J connectivity index is 1.18. The first-order valence-electron chi connectivity index (χ1n) is 10.1. The van der Waals surface area contributed by atoms with Crippen LogP contribution >= 0.6 is 11.3 Å². The maximum Gasteiger partial charge on any atom is 0.313 e. The molecule has 156 valence electrons. The topological polar surface area (TPSA) is 92.4 Å². The van der Waals surface area contributed by atoms with Gasteiger partial charge in [0.2, 0.25) is 0 Å². The quantitative estimate of drug-likeness (QED) is 0.396. The summed E-state index contributed by atoms with van der Waals surface area (Å²) in [5.41, 5.74) is 1.49. The van der Waals surface area contributed by atoms with Crippen molar-refractivity contribution >= 4 is 44.2 Å². The molecule has 3 aromatic rings. The van der Waals surface area contributed by atoms with Crippen molar-refractivity contribution in [1.29, 1.82) is 0 Å². The third-order valence-corrected chi connectivity index (χ3v) is 5.90. The minimum absolute atomic E-state index is 0.285. The number of nitrogens with one attached hydrogen (secondary N) is 3. The molecule has 0 bridgehead atoms. The van der Waals surface area contributed by atoms with Crippen molar-refractivity contribution in [3.05, 3.63) is 48.5 Å². The molecule has 0 unspecified atom stereocenters. The Kier molecular flexibility index (Phi) is 6.44. The fourth-order valence-corrected chi connectivity index (χ4v) is 4.27. The van der Waals surface area contributed by atoms with Crippen LogP contribution in [0, 0.1) is 0 Å². The van der Waals surface area contributed by atoms with Crippen LogP contribution in [-0.4, -0.2) is 36.0 Å². The van der Waals surface area contributed by atoms with Gasteiger partial charge < -0.3 is 20.7 Å². The molecule has 1 saturated carbocycles. The van der Waals surface area contributed by atoms with E-state index < -0.39 is 11.8 Å². The zero-order valence-electron chi connectivity index (χ0n) is 16.5. The second-order valence-electron chi connectivity index (χ2n) is 7.17. The fourth-order valence-electron chi connectivity index (χ4n) is 3.38. The highest BCUT2D eigenvalue weighted by Crippen LogP contribution is 2.26. The lowest BCUT2D eigenvalue weighted by atomic mass is 10.2. The van der Waals surface area contributed by atoms with E-state index in [4.69, 9.17) is 4.74 Å². The molecule has 0 aliphatic heterocycles. The highest BCUT2D eigenvalue weighted by molar-refractivity contribution is 7.22. The number of ether oxygens (including phenoxy) is 1. The van der Waals surface area contributed by atoms with Crippen LogP contribution < -0.4 is 20.7 Å². The Labute approximate surface area is 178 Å². The smallest absolute Gasteiger partial charge is 0.313 e. The Morgan fingerprint density at radius 2 is 1.77 bits per heavy atom. The number of rotatable bonds is 7. The van der Waals surface area contributed by atoms with Gasteiger partial charge in [-0.15, -0.1) is 0 Å². The van der Waals surface area contributed by atoms with Crippen LogP contribution in [-0.2, 0) is 9.59 Å². The van der Waals surface area contributed by atoms with Gasteiger partial charge in [0.05, 0.1) is 16.3 Å². The standard InChI is InChI=1S/C22H24N4O3S/c27-20(23-13-14-24-22-26-18-7-3-4-8-19(18)30-22)21(28)25-15-9-11-17(12-10-15)29-16-5-1-2-6-16/h3-4,7-12,16H,1-2,5-6,13-14H2,(H,23,27)(H,24,26)(H,25,28). The maximum absolute atomic E-state index is 12.1. The molecule has 7 nitrogen and oxygen atoms in total. The molecule has 2 amide bonds. The van der Waals surface area contributed by atoms with Gasteiger partial charge in [-0.05, 0) is 62.1 Å². The molecule has 0 spiro atoms. The third-order valence-electron chi connectivity index (χ3n) is 4.90. The largest absolute Gasteiger partial charge is 0.490 e. The molecule has 3 N–H and O–H groups in total. The number of aromatic nitrogens is 1. The summed E-state index contributed by atoms with van der Waals surface area (Å²) in [6.45, 7) is 0.794. The molecule has 8 heteroatoms. The lowest BCUT2D eigenvalue weighted by Crippen LogP contribution is -2.37. The number of anilines is 2. The zero-order chi connectivity index (χ0) is 20.8. The first-order valence-corrected chi connectivity index (χ1v) is 10.9. The average molecular weight is 425 g/mol. The van der Waals surface area contributed by atoms with Crippen LogP contribution in [0.3, 0.4) is 0 Å². The van der Waals surface area contributed by atoms with Crippen molar-refractivity contribution in [2.45, 2.75) is 31.8 Å². The summed E-state index contributed by atoms with van der Waals surface area (Å²) in [6.07, 6.45) is 4.89. The van der Waals surface area contributed by atoms with E-state index in [2.05, 4.69) is 20.9 Å². The normalized spacial score (nSPS) is 13.9. The van der Waals surface area contributed by atoms with Crippen LogP contribution in [0.5, 0.6) is 5.75 Å². The first-order chi connectivity index (χ1) is 14.7.